The molecule has 0 saturated heterocycles. The van der Waals surface area contributed by atoms with Gasteiger partial charge in [-0.2, -0.15) is 9.48 Å². The molecule has 4 aromatic carbocycles. The zero-order valence-electron chi connectivity index (χ0n) is 22.9. The summed E-state index contributed by atoms with van der Waals surface area (Å²) < 4.78 is 28.3. The summed E-state index contributed by atoms with van der Waals surface area (Å²) in [6.07, 6.45) is 0. The molecule has 1 aliphatic rings. The van der Waals surface area contributed by atoms with Gasteiger partial charge in [0, 0.05) is 22.3 Å². The number of aryl methyl sites for hydroxylation is 4. The number of halogens is 2. The molecule has 0 spiro atoms. The molecule has 4 aromatic rings. The predicted molar refractivity (Wildman–Crippen MR) is 156 cm³/mol. The maximum atomic E-state index is 13.2. The van der Waals surface area contributed by atoms with Gasteiger partial charge in [0.05, 0.1) is 0 Å². The molecule has 0 amide bonds. The van der Waals surface area contributed by atoms with Crippen molar-refractivity contribution in [1.29, 1.82) is 0 Å². The second kappa shape index (κ2) is 11.1. The van der Waals surface area contributed by atoms with E-state index in [2.05, 4.69) is 23.7 Å². The molecule has 0 unspecified atom stereocenters. The zero-order chi connectivity index (χ0) is 28.4. The highest BCUT2D eigenvalue weighted by atomic mass is 19.1. The fraction of sp³-hybridized carbons (Fsp3) is 0.171. The minimum Gasteiger partial charge on any atom is -0.446 e. The Hall–Kier alpha value is -4.87. The van der Waals surface area contributed by atoms with E-state index < -0.39 is 0 Å². The smallest absolute Gasteiger partial charge is 0.446 e. The number of amidine groups is 1. The Balaban J connectivity index is 1.43. The second-order valence-electron chi connectivity index (χ2n) is 10.0. The summed E-state index contributed by atoms with van der Waals surface area (Å²) in [5.41, 5.74) is 9.20. The second-order valence-corrected chi connectivity index (χ2v) is 10.0. The van der Waals surface area contributed by atoms with Gasteiger partial charge in [0.25, 0.3) is 0 Å². The highest BCUT2D eigenvalue weighted by Gasteiger charge is 2.36. The van der Waals surface area contributed by atoms with Gasteiger partial charge < -0.3 is 5.11 Å². The Morgan fingerprint density at radius 1 is 0.625 bits per heavy atom. The first-order valence-corrected chi connectivity index (χ1v) is 13.1. The van der Waals surface area contributed by atoms with Crippen LogP contribution in [0.15, 0.2) is 72.8 Å². The summed E-state index contributed by atoms with van der Waals surface area (Å²) in [5, 5.41) is 11.4. The molecule has 0 atom stereocenters. The van der Waals surface area contributed by atoms with E-state index in [0.717, 1.165) is 55.9 Å². The van der Waals surface area contributed by atoms with Crippen molar-refractivity contribution in [3.05, 3.63) is 129 Å². The SMILES string of the molecule is Cc1cc(C#Cc2ccc(F)cc2)cc(C)c1N1CC[N+](c2c(C)cc(C#Cc3ccc(F)cc3)cc2C)=C1O. The van der Waals surface area contributed by atoms with Crippen molar-refractivity contribution in [3.63, 3.8) is 0 Å². The number of benzene rings is 4. The lowest BCUT2D eigenvalue weighted by Gasteiger charge is -2.15. The Labute approximate surface area is 234 Å². The highest BCUT2D eigenvalue weighted by Crippen LogP contribution is 2.32. The minimum absolute atomic E-state index is 0.188. The lowest BCUT2D eigenvalue weighted by Crippen LogP contribution is -2.29. The van der Waals surface area contributed by atoms with Crippen LogP contribution in [-0.2, 0) is 0 Å². The van der Waals surface area contributed by atoms with E-state index in [1.807, 2.05) is 61.4 Å². The summed E-state index contributed by atoms with van der Waals surface area (Å²) in [7, 11) is 0. The van der Waals surface area contributed by atoms with Gasteiger partial charge in [-0.25, -0.2) is 8.78 Å². The average molecular weight is 532 g/mol. The maximum Gasteiger partial charge on any atom is 0.454 e. The molecule has 1 aliphatic heterocycles. The Morgan fingerprint density at radius 3 is 1.48 bits per heavy atom. The number of anilines is 1. The summed E-state index contributed by atoms with van der Waals surface area (Å²) in [5.74, 6) is 12.0. The van der Waals surface area contributed by atoms with Crippen molar-refractivity contribution < 1.29 is 18.5 Å². The predicted octanol–water partition coefficient (Wildman–Crippen LogP) is 7.08. The molecule has 5 rings (SSSR count). The lowest BCUT2D eigenvalue weighted by atomic mass is 10.0. The number of aliphatic hydroxyl groups excluding tert-OH is 1. The number of aliphatic hydroxyl groups is 1. The summed E-state index contributed by atoms with van der Waals surface area (Å²) in [6.45, 7) is 9.36. The monoisotopic (exact) mass is 531 g/mol. The van der Waals surface area contributed by atoms with Crippen LogP contribution in [0.5, 0.6) is 0 Å². The van der Waals surface area contributed by atoms with Crippen LogP contribution in [0.4, 0.5) is 20.2 Å². The fourth-order valence-electron chi connectivity index (χ4n) is 5.23. The lowest BCUT2D eigenvalue weighted by molar-refractivity contribution is -0.438. The Kier molecular flexibility index (Phi) is 7.41. The third-order valence-corrected chi connectivity index (χ3v) is 6.94. The molecular weight excluding hydrogens is 502 g/mol. The molecule has 3 nitrogen and oxygen atoms in total. The molecule has 5 heteroatoms. The number of hydrogen-bond donors (Lipinski definition) is 1. The molecule has 0 fully saturated rings. The molecule has 0 aliphatic carbocycles. The summed E-state index contributed by atoms with van der Waals surface area (Å²) in [4.78, 5) is 1.95. The normalized spacial score (nSPS) is 12.6. The molecule has 1 N–H and O–H groups in total. The van der Waals surface area contributed by atoms with Crippen molar-refractivity contribution in [2.75, 3.05) is 18.0 Å². The minimum atomic E-state index is -0.283. The molecule has 40 heavy (non-hydrogen) atoms. The maximum absolute atomic E-state index is 13.2. The van der Waals surface area contributed by atoms with E-state index in [0.29, 0.717) is 13.1 Å². The highest BCUT2D eigenvalue weighted by molar-refractivity contribution is 5.91. The van der Waals surface area contributed by atoms with E-state index in [-0.39, 0.29) is 17.7 Å². The number of hydrogen-bond acceptors (Lipinski definition) is 1. The molecule has 0 saturated carbocycles. The van der Waals surface area contributed by atoms with Crippen molar-refractivity contribution in [1.82, 2.24) is 0 Å². The van der Waals surface area contributed by atoms with E-state index >= 15 is 0 Å². The van der Waals surface area contributed by atoms with Gasteiger partial charge in [-0.05, 0) is 123 Å². The first kappa shape index (κ1) is 26.7. The van der Waals surface area contributed by atoms with Gasteiger partial charge in [0.2, 0.25) is 0 Å². The van der Waals surface area contributed by atoms with E-state index in [4.69, 9.17) is 0 Å². The molecule has 198 valence electrons. The summed E-state index contributed by atoms with van der Waals surface area (Å²) in [6, 6.07) is 20.5. The van der Waals surface area contributed by atoms with E-state index in [1.54, 1.807) is 24.3 Å². The van der Waals surface area contributed by atoms with Crippen LogP contribution in [0, 0.1) is 63.0 Å². The van der Waals surface area contributed by atoms with Gasteiger partial charge in [-0.3, -0.25) is 0 Å². The largest absolute Gasteiger partial charge is 0.454 e. The van der Waals surface area contributed by atoms with Crippen molar-refractivity contribution in [2.45, 2.75) is 27.7 Å². The average Bonchev–Trinajstić information content (AvgIpc) is 3.27. The van der Waals surface area contributed by atoms with Crippen molar-refractivity contribution in [2.24, 2.45) is 0 Å². The third-order valence-electron chi connectivity index (χ3n) is 6.94. The molecule has 0 radical (unpaired) electrons. The molecular formula is C35H29F2N2O+. The van der Waals surface area contributed by atoms with Crippen molar-refractivity contribution in [3.8, 4) is 23.7 Å². The van der Waals surface area contributed by atoms with Crippen LogP contribution >= 0.6 is 0 Å². The zero-order valence-corrected chi connectivity index (χ0v) is 22.9. The van der Waals surface area contributed by atoms with E-state index in [9.17, 15) is 13.9 Å². The van der Waals surface area contributed by atoms with Crippen molar-refractivity contribution >= 4 is 17.4 Å². The summed E-state index contributed by atoms with van der Waals surface area (Å²) >= 11 is 0. The van der Waals surface area contributed by atoms with Crippen LogP contribution in [0.25, 0.3) is 0 Å². The van der Waals surface area contributed by atoms with Crippen LogP contribution in [0.3, 0.4) is 0 Å². The molecule has 0 bridgehead atoms. The third kappa shape index (κ3) is 5.60. The first-order valence-electron chi connectivity index (χ1n) is 13.1. The standard InChI is InChI=1S/C35H28F2N2O/c1-23-19-29(7-5-27-9-13-31(36)14-10-27)20-24(2)33(23)38-17-18-39(35(38)40)34-25(3)21-30(22-26(34)4)8-6-28-11-15-32(37)16-12-28/h9-16,19-22H,17-18H2,1-4H3/p+1. The van der Waals surface area contributed by atoms with Gasteiger partial charge in [0.15, 0.2) is 0 Å². The van der Waals surface area contributed by atoms with E-state index in [1.165, 1.54) is 24.3 Å². The fourth-order valence-corrected chi connectivity index (χ4v) is 5.23. The van der Waals surface area contributed by atoms with Crippen LogP contribution in [0.2, 0.25) is 0 Å². The Morgan fingerprint density at radius 2 is 1.02 bits per heavy atom. The molecule has 0 aromatic heterocycles. The Bertz CT molecular complexity index is 1720. The van der Waals surface area contributed by atoms with Crippen LogP contribution < -0.4 is 4.90 Å². The topological polar surface area (TPSA) is 26.5 Å². The molecule has 1 heterocycles. The van der Waals surface area contributed by atoms with Gasteiger partial charge in [0.1, 0.15) is 36.1 Å². The van der Waals surface area contributed by atoms with Crippen LogP contribution in [-0.4, -0.2) is 28.8 Å². The quantitative estimate of drug-likeness (QED) is 0.221. The van der Waals surface area contributed by atoms with Crippen LogP contribution in [0.1, 0.15) is 44.5 Å². The number of rotatable bonds is 2. The van der Waals surface area contributed by atoms with Gasteiger partial charge >= 0.3 is 6.02 Å². The van der Waals surface area contributed by atoms with Gasteiger partial charge in [-0.15, -0.1) is 0 Å². The van der Waals surface area contributed by atoms with Gasteiger partial charge in [-0.1, -0.05) is 23.7 Å². The number of nitrogens with zero attached hydrogens (tertiary/aromatic N) is 2. The first-order chi connectivity index (χ1) is 19.2.